The van der Waals surface area contributed by atoms with E-state index >= 15 is 0 Å². The molecule has 0 saturated carbocycles. The molecule has 0 aliphatic heterocycles. The number of aryl methyl sites for hydroxylation is 1. The summed E-state index contributed by atoms with van der Waals surface area (Å²) in [6.45, 7) is 2.71. The van der Waals surface area contributed by atoms with Crippen molar-refractivity contribution in [1.82, 2.24) is 15.5 Å². The highest BCUT2D eigenvalue weighted by atomic mass is 19.1. The average molecular weight is 387 g/mol. The van der Waals surface area contributed by atoms with Gasteiger partial charge in [-0.3, -0.25) is 0 Å². The molecule has 1 atom stereocenters. The molecule has 1 aromatic heterocycles. The van der Waals surface area contributed by atoms with Crippen LogP contribution in [0.1, 0.15) is 28.6 Å². The van der Waals surface area contributed by atoms with Crippen molar-refractivity contribution in [3.8, 4) is 11.5 Å². The molecule has 3 aromatic carbocycles. The standard InChI is InChI=1S/C24H22FN3O/c1-17-11-13-18(14-12-17)15-16-26-22(20-9-5-6-10-21(20)25)24-28-27-23(29-24)19-7-3-2-4-8-19/h2-14,22,26H,15-16H2,1H3. The summed E-state index contributed by atoms with van der Waals surface area (Å²) in [6, 6.07) is 24.1. The summed E-state index contributed by atoms with van der Waals surface area (Å²) < 4.78 is 20.4. The molecule has 1 N–H and O–H groups in total. The van der Waals surface area contributed by atoms with Gasteiger partial charge < -0.3 is 9.73 Å². The Kier molecular flexibility index (Phi) is 5.77. The Morgan fingerprint density at radius 3 is 2.38 bits per heavy atom. The number of hydrogen-bond donors (Lipinski definition) is 1. The Hall–Kier alpha value is -3.31. The Morgan fingerprint density at radius 1 is 0.897 bits per heavy atom. The molecule has 4 rings (SSSR count). The predicted molar refractivity (Wildman–Crippen MR) is 111 cm³/mol. The van der Waals surface area contributed by atoms with E-state index in [-0.39, 0.29) is 5.82 Å². The first-order valence-corrected chi connectivity index (χ1v) is 9.63. The van der Waals surface area contributed by atoms with Gasteiger partial charge in [-0.2, -0.15) is 0 Å². The molecule has 146 valence electrons. The highest BCUT2D eigenvalue weighted by Crippen LogP contribution is 2.26. The summed E-state index contributed by atoms with van der Waals surface area (Å²) in [4.78, 5) is 0. The highest BCUT2D eigenvalue weighted by Gasteiger charge is 2.23. The molecule has 0 amide bonds. The third kappa shape index (κ3) is 4.58. The fraction of sp³-hybridized carbons (Fsp3) is 0.167. The zero-order valence-corrected chi connectivity index (χ0v) is 16.2. The van der Waals surface area contributed by atoms with Gasteiger partial charge in [0.05, 0.1) is 0 Å². The van der Waals surface area contributed by atoms with Gasteiger partial charge in [0, 0.05) is 17.7 Å². The van der Waals surface area contributed by atoms with Crippen LogP contribution in [0.25, 0.3) is 11.5 Å². The maximum atomic E-state index is 14.5. The summed E-state index contributed by atoms with van der Waals surface area (Å²) in [7, 11) is 0. The molecule has 4 nitrogen and oxygen atoms in total. The third-order valence-corrected chi connectivity index (χ3v) is 4.81. The van der Waals surface area contributed by atoms with E-state index in [1.54, 1.807) is 12.1 Å². The van der Waals surface area contributed by atoms with Crippen molar-refractivity contribution in [2.45, 2.75) is 19.4 Å². The Morgan fingerprint density at radius 2 is 1.62 bits per heavy atom. The van der Waals surface area contributed by atoms with E-state index in [4.69, 9.17) is 4.42 Å². The number of halogens is 1. The van der Waals surface area contributed by atoms with Gasteiger partial charge in [0.25, 0.3) is 0 Å². The second-order valence-corrected chi connectivity index (χ2v) is 6.96. The first kappa shape index (κ1) is 19.0. The summed E-state index contributed by atoms with van der Waals surface area (Å²) in [6.07, 6.45) is 0.810. The summed E-state index contributed by atoms with van der Waals surface area (Å²) in [5.41, 5.74) is 3.76. The minimum Gasteiger partial charge on any atom is -0.419 e. The highest BCUT2D eigenvalue weighted by molar-refractivity contribution is 5.51. The van der Waals surface area contributed by atoms with E-state index < -0.39 is 6.04 Å². The van der Waals surface area contributed by atoms with Gasteiger partial charge in [0.1, 0.15) is 11.9 Å². The van der Waals surface area contributed by atoms with Crippen molar-refractivity contribution < 1.29 is 8.81 Å². The Bertz CT molecular complexity index is 1060. The second-order valence-electron chi connectivity index (χ2n) is 6.96. The molecule has 0 spiro atoms. The molecule has 1 heterocycles. The molecule has 0 aliphatic carbocycles. The second kappa shape index (κ2) is 8.80. The van der Waals surface area contributed by atoms with E-state index in [0.29, 0.717) is 23.9 Å². The monoisotopic (exact) mass is 387 g/mol. The predicted octanol–water partition coefficient (Wildman–Crippen LogP) is 5.11. The first-order chi connectivity index (χ1) is 14.2. The smallest absolute Gasteiger partial charge is 0.247 e. The van der Waals surface area contributed by atoms with Crippen molar-refractivity contribution in [2.75, 3.05) is 6.54 Å². The molecule has 0 saturated heterocycles. The summed E-state index contributed by atoms with van der Waals surface area (Å²) >= 11 is 0. The summed E-state index contributed by atoms with van der Waals surface area (Å²) in [5.74, 6) is 0.458. The van der Waals surface area contributed by atoms with Crippen LogP contribution in [-0.4, -0.2) is 16.7 Å². The van der Waals surface area contributed by atoms with Crippen LogP contribution in [0.3, 0.4) is 0 Å². The van der Waals surface area contributed by atoms with Crippen LogP contribution < -0.4 is 5.32 Å². The molecule has 1 unspecified atom stereocenters. The maximum Gasteiger partial charge on any atom is 0.247 e. The van der Waals surface area contributed by atoms with E-state index in [2.05, 4.69) is 46.7 Å². The molecular formula is C24H22FN3O. The number of aromatic nitrogens is 2. The maximum absolute atomic E-state index is 14.5. The van der Waals surface area contributed by atoms with Gasteiger partial charge in [0.15, 0.2) is 0 Å². The lowest BCUT2D eigenvalue weighted by Gasteiger charge is -2.16. The number of nitrogens with zero attached hydrogens (tertiary/aromatic N) is 2. The van der Waals surface area contributed by atoms with Gasteiger partial charge in [-0.25, -0.2) is 4.39 Å². The largest absolute Gasteiger partial charge is 0.419 e. The van der Waals surface area contributed by atoms with E-state index in [1.165, 1.54) is 17.2 Å². The average Bonchev–Trinajstić information content (AvgIpc) is 3.24. The van der Waals surface area contributed by atoms with Gasteiger partial charge in [-0.15, -0.1) is 10.2 Å². The molecule has 0 fully saturated rings. The Labute approximate surface area is 169 Å². The van der Waals surface area contributed by atoms with Crippen LogP contribution in [-0.2, 0) is 6.42 Å². The van der Waals surface area contributed by atoms with Crippen molar-refractivity contribution in [1.29, 1.82) is 0 Å². The topological polar surface area (TPSA) is 51.0 Å². The van der Waals surface area contributed by atoms with E-state index in [1.807, 2.05) is 36.4 Å². The van der Waals surface area contributed by atoms with Crippen molar-refractivity contribution >= 4 is 0 Å². The lowest BCUT2D eigenvalue weighted by Crippen LogP contribution is -2.26. The molecule has 0 aliphatic rings. The number of rotatable bonds is 7. The summed E-state index contributed by atoms with van der Waals surface area (Å²) in [5, 5.41) is 11.7. The minimum atomic E-state index is -0.522. The molecule has 5 heteroatoms. The van der Waals surface area contributed by atoms with Gasteiger partial charge in [0.2, 0.25) is 11.8 Å². The fourth-order valence-corrected chi connectivity index (χ4v) is 3.20. The van der Waals surface area contributed by atoms with Crippen molar-refractivity contribution in [3.63, 3.8) is 0 Å². The first-order valence-electron chi connectivity index (χ1n) is 9.63. The van der Waals surface area contributed by atoms with Crippen LogP contribution in [0.5, 0.6) is 0 Å². The van der Waals surface area contributed by atoms with Gasteiger partial charge >= 0.3 is 0 Å². The molecular weight excluding hydrogens is 365 g/mol. The number of benzene rings is 3. The number of nitrogens with one attached hydrogen (secondary N) is 1. The van der Waals surface area contributed by atoms with Crippen LogP contribution in [0.4, 0.5) is 4.39 Å². The SMILES string of the molecule is Cc1ccc(CCNC(c2nnc(-c3ccccc3)o2)c2ccccc2F)cc1. The molecule has 29 heavy (non-hydrogen) atoms. The van der Waals surface area contributed by atoms with Crippen LogP contribution >= 0.6 is 0 Å². The van der Waals surface area contributed by atoms with Gasteiger partial charge in [-0.05, 0) is 37.1 Å². The zero-order chi connectivity index (χ0) is 20.1. The van der Waals surface area contributed by atoms with Crippen LogP contribution in [0.15, 0.2) is 83.3 Å². The van der Waals surface area contributed by atoms with Gasteiger partial charge in [-0.1, -0.05) is 66.2 Å². The Balaban J connectivity index is 1.57. The van der Waals surface area contributed by atoms with Crippen molar-refractivity contribution in [3.05, 3.63) is 107 Å². The zero-order valence-electron chi connectivity index (χ0n) is 16.2. The van der Waals surface area contributed by atoms with Crippen molar-refractivity contribution in [2.24, 2.45) is 0 Å². The van der Waals surface area contributed by atoms with E-state index in [9.17, 15) is 4.39 Å². The van der Waals surface area contributed by atoms with Crippen LogP contribution in [0.2, 0.25) is 0 Å². The lowest BCUT2D eigenvalue weighted by molar-refractivity contribution is 0.430. The molecule has 4 aromatic rings. The lowest BCUT2D eigenvalue weighted by atomic mass is 10.1. The normalized spacial score (nSPS) is 12.1. The van der Waals surface area contributed by atoms with Crippen LogP contribution in [0, 0.1) is 12.7 Å². The quantitative estimate of drug-likeness (QED) is 0.479. The number of hydrogen-bond acceptors (Lipinski definition) is 4. The molecule has 0 bridgehead atoms. The third-order valence-electron chi connectivity index (χ3n) is 4.81. The fourth-order valence-electron chi connectivity index (χ4n) is 3.20. The minimum absolute atomic E-state index is 0.306. The van der Waals surface area contributed by atoms with E-state index in [0.717, 1.165) is 12.0 Å². The molecule has 0 radical (unpaired) electrons.